The molecule has 0 radical (unpaired) electrons. The minimum absolute atomic E-state index is 0.0185. The van der Waals surface area contributed by atoms with Gasteiger partial charge in [0.05, 0.1) is 27.1 Å². The van der Waals surface area contributed by atoms with Gasteiger partial charge in [0.25, 0.3) is 0 Å². The van der Waals surface area contributed by atoms with Crippen molar-refractivity contribution in [3.05, 3.63) is 59.7 Å². The van der Waals surface area contributed by atoms with Gasteiger partial charge in [-0.2, -0.15) is 0 Å². The molecule has 1 heterocycles. The predicted molar refractivity (Wildman–Crippen MR) is 94.9 cm³/mol. The van der Waals surface area contributed by atoms with Crippen LogP contribution in [0.2, 0.25) is 0 Å². The molecule has 5 heteroatoms. The van der Waals surface area contributed by atoms with Crippen LogP contribution < -0.4 is 9.64 Å². The van der Waals surface area contributed by atoms with Crippen LogP contribution in [0.3, 0.4) is 0 Å². The zero-order valence-corrected chi connectivity index (χ0v) is 14.4. The van der Waals surface area contributed by atoms with Crippen LogP contribution in [0.1, 0.15) is 23.5 Å². The average Bonchev–Trinajstić information content (AvgIpc) is 3.01. The molecule has 2 aromatic rings. The number of para-hydroxylation sites is 1. The van der Waals surface area contributed by atoms with Crippen molar-refractivity contribution < 1.29 is 19.1 Å². The number of fused-ring (bicyclic) bond motifs is 1. The number of carbonyl (C=O) groups excluding carboxylic acids is 2. The number of amides is 1. The molecule has 5 nitrogen and oxygen atoms in total. The molecule has 130 valence electrons. The molecule has 1 amide bonds. The molecule has 0 aromatic heterocycles. The minimum Gasteiger partial charge on any atom is -0.497 e. The third-order valence-corrected chi connectivity index (χ3v) is 4.53. The van der Waals surface area contributed by atoms with Crippen molar-refractivity contribution >= 4 is 17.6 Å². The van der Waals surface area contributed by atoms with Crippen LogP contribution in [0.15, 0.2) is 48.5 Å². The summed E-state index contributed by atoms with van der Waals surface area (Å²) in [4.78, 5) is 26.3. The van der Waals surface area contributed by atoms with E-state index < -0.39 is 0 Å². The summed E-state index contributed by atoms with van der Waals surface area (Å²) in [5.41, 5.74) is 2.84. The maximum absolute atomic E-state index is 12.8. The Morgan fingerprint density at radius 2 is 1.80 bits per heavy atom. The molecule has 0 saturated carbocycles. The van der Waals surface area contributed by atoms with Gasteiger partial charge in [-0.1, -0.05) is 30.3 Å². The molecular formula is C20H21NO4. The van der Waals surface area contributed by atoms with Gasteiger partial charge < -0.3 is 14.4 Å². The van der Waals surface area contributed by atoms with Gasteiger partial charge in [0, 0.05) is 18.2 Å². The van der Waals surface area contributed by atoms with Crippen LogP contribution in [0.5, 0.6) is 5.75 Å². The maximum Gasteiger partial charge on any atom is 0.306 e. The Balaban J connectivity index is 1.77. The van der Waals surface area contributed by atoms with E-state index in [0.717, 1.165) is 22.6 Å². The highest BCUT2D eigenvalue weighted by Crippen LogP contribution is 2.38. The number of hydrogen-bond acceptors (Lipinski definition) is 4. The first kappa shape index (κ1) is 17.0. The lowest BCUT2D eigenvalue weighted by molar-refractivity contribution is -0.141. The summed E-state index contributed by atoms with van der Waals surface area (Å²) in [6.07, 6.45) is 0.586. The Morgan fingerprint density at radius 3 is 2.48 bits per heavy atom. The molecule has 0 fully saturated rings. The fourth-order valence-electron chi connectivity index (χ4n) is 3.20. The van der Waals surface area contributed by atoms with Crippen molar-refractivity contribution in [2.45, 2.75) is 18.8 Å². The van der Waals surface area contributed by atoms with E-state index in [-0.39, 0.29) is 24.2 Å². The van der Waals surface area contributed by atoms with E-state index >= 15 is 0 Å². The zero-order valence-electron chi connectivity index (χ0n) is 14.4. The van der Waals surface area contributed by atoms with Gasteiger partial charge in [0.15, 0.2) is 0 Å². The van der Waals surface area contributed by atoms with Crippen molar-refractivity contribution in [2.75, 3.05) is 25.7 Å². The zero-order chi connectivity index (χ0) is 17.8. The van der Waals surface area contributed by atoms with E-state index in [1.165, 1.54) is 7.11 Å². The number of anilines is 1. The number of carbonyl (C=O) groups is 2. The number of nitrogens with zero attached hydrogens (tertiary/aromatic N) is 1. The van der Waals surface area contributed by atoms with E-state index in [9.17, 15) is 9.59 Å². The lowest BCUT2D eigenvalue weighted by Gasteiger charge is -2.18. The maximum atomic E-state index is 12.8. The van der Waals surface area contributed by atoms with Crippen molar-refractivity contribution in [2.24, 2.45) is 0 Å². The van der Waals surface area contributed by atoms with Crippen LogP contribution in [0, 0.1) is 0 Å². The quantitative estimate of drug-likeness (QED) is 0.786. The minimum atomic E-state index is -0.260. The summed E-state index contributed by atoms with van der Waals surface area (Å²) in [5.74, 6) is 0.499. The molecule has 0 N–H and O–H groups in total. The molecule has 2 aromatic carbocycles. The lowest BCUT2D eigenvalue weighted by Crippen LogP contribution is -2.31. The molecule has 0 spiro atoms. The Kier molecular flexibility index (Phi) is 5.03. The second-order valence-electron chi connectivity index (χ2n) is 6.07. The summed E-state index contributed by atoms with van der Waals surface area (Å²) in [6.45, 7) is 0.503. The first-order chi connectivity index (χ1) is 12.1. The number of benzene rings is 2. The number of rotatable bonds is 5. The van der Waals surface area contributed by atoms with Crippen LogP contribution >= 0.6 is 0 Å². The van der Waals surface area contributed by atoms with Crippen LogP contribution in [0.25, 0.3) is 0 Å². The highest BCUT2D eigenvalue weighted by atomic mass is 16.5. The second-order valence-corrected chi connectivity index (χ2v) is 6.07. The van der Waals surface area contributed by atoms with E-state index in [4.69, 9.17) is 9.47 Å². The van der Waals surface area contributed by atoms with Crippen LogP contribution in [0.4, 0.5) is 5.69 Å². The third-order valence-electron chi connectivity index (χ3n) is 4.53. The van der Waals surface area contributed by atoms with Crippen molar-refractivity contribution in [1.82, 2.24) is 0 Å². The molecule has 3 rings (SSSR count). The summed E-state index contributed by atoms with van der Waals surface area (Å²) >= 11 is 0. The normalized spacial score (nSPS) is 15.6. The first-order valence-corrected chi connectivity index (χ1v) is 8.21. The number of ether oxygens (including phenoxy) is 2. The van der Waals surface area contributed by atoms with Gasteiger partial charge >= 0.3 is 5.97 Å². The SMILES string of the molecule is COC(=O)CC1CN(C(=O)Cc2ccc(OC)cc2)c2ccccc21. The standard InChI is InChI=1S/C20H21NO4/c1-24-16-9-7-14(8-10-16)11-19(22)21-13-15(12-20(23)25-2)17-5-3-4-6-18(17)21/h3-10,15H,11-13H2,1-2H3. The summed E-state index contributed by atoms with van der Waals surface area (Å²) in [6, 6.07) is 15.2. The third kappa shape index (κ3) is 3.65. The van der Waals surface area contributed by atoms with Crippen molar-refractivity contribution in [3.63, 3.8) is 0 Å². The van der Waals surface area contributed by atoms with Gasteiger partial charge in [0.2, 0.25) is 5.91 Å². The Morgan fingerprint density at radius 1 is 1.08 bits per heavy atom. The monoisotopic (exact) mass is 339 g/mol. The van der Waals surface area contributed by atoms with E-state index in [2.05, 4.69) is 0 Å². The molecule has 1 unspecified atom stereocenters. The summed E-state index contributed by atoms with van der Waals surface area (Å²) in [7, 11) is 3.00. The number of esters is 1. The fraction of sp³-hybridized carbons (Fsp3) is 0.300. The lowest BCUT2D eigenvalue weighted by atomic mass is 9.98. The smallest absolute Gasteiger partial charge is 0.306 e. The van der Waals surface area contributed by atoms with Crippen molar-refractivity contribution in [1.29, 1.82) is 0 Å². The largest absolute Gasteiger partial charge is 0.497 e. The summed E-state index contributed by atoms with van der Waals surface area (Å²) < 4.78 is 9.93. The predicted octanol–water partition coefficient (Wildman–Crippen LogP) is 2.93. The molecule has 1 atom stereocenters. The Bertz CT molecular complexity index is 770. The molecule has 25 heavy (non-hydrogen) atoms. The van der Waals surface area contributed by atoms with Gasteiger partial charge in [-0.3, -0.25) is 9.59 Å². The first-order valence-electron chi connectivity index (χ1n) is 8.21. The topological polar surface area (TPSA) is 55.8 Å². The molecule has 0 aliphatic carbocycles. The van der Waals surface area contributed by atoms with Gasteiger partial charge in [-0.15, -0.1) is 0 Å². The fourth-order valence-corrected chi connectivity index (χ4v) is 3.20. The van der Waals surface area contributed by atoms with Gasteiger partial charge in [-0.05, 0) is 29.3 Å². The number of hydrogen-bond donors (Lipinski definition) is 0. The van der Waals surface area contributed by atoms with E-state index in [1.54, 1.807) is 12.0 Å². The van der Waals surface area contributed by atoms with Gasteiger partial charge in [0.1, 0.15) is 5.75 Å². The molecular weight excluding hydrogens is 318 g/mol. The molecule has 0 saturated heterocycles. The van der Waals surface area contributed by atoms with Crippen LogP contribution in [-0.2, 0) is 20.7 Å². The highest BCUT2D eigenvalue weighted by molar-refractivity contribution is 5.97. The van der Waals surface area contributed by atoms with Crippen molar-refractivity contribution in [3.8, 4) is 5.75 Å². The average molecular weight is 339 g/mol. The molecule has 1 aliphatic rings. The highest BCUT2D eigenvalue weighted by Gasteiger charge is 2.33. The van der Waals surface area contributed by atoms with Crippen LogP contribution in [-0.4, -0.2) is 32.6 Å². The number of methoxy groups -OCH3 is 2. The molecule has 1 aliphatic heterocycles. The second kappa shape index (κ2) is 7.38. The summed E-state index contributed by atoms with van der Waals surface area (Å²) in [5, 5.41) is 0. The van der Waals surface area contributed by atoms with Gasteiger partial charge in [-0.25, -0.2) is 0 Å². The van der Waals surface area contributed by atoms with E-state index in [1.807, 2.05) is 48.5 Å². The Hall–Kier alpha value is -2.82. The Labute approximate surface area is 147 Å². The molecule has 0 bridgehead atoms. The van der Waals surface area contributed by atoms with E-state index in [0.29, 0.717) is 13.0 Å².